The van der Waals surface area contributed by atoms with Crippen LogP contribution in [-0.4, -0.2) is 47.6 Å². The normalized spacial score (nSPS) is 17.1. The highest BCUT2D eigenvalue weighted by Crippen LogP contribution is 2.23. The average molecular weight is 315 g/mol. The Morgan fingerprint density at radius 1 is 1.41 bits per heavy atom. The Balaban J connectivity index is 1.95. The van der Waals surface area contributed by atoms with E-state index in [1.54, 1.807) is 0 Å². The molecule has 1 aliphatic rings. The van der Waals surface area contributed by atoms with Crippen molar-refractivity contribution in [3.8, 4) is 0 Å². The van der Waals surface area contributed by atoms with Gasteiger partial charge in [0.15, 0.2) is 0 Å². The minimum absolute atomic E-state index is 0.567. The molecule has 2 heterocycles. The highest BCUT2D eigenvalue weighted by Gasteiger charge is 2.19. The minimum atomic E-state index is 0.567. The van der Waals surface area contributed by atoms with E-state index in [-0.39, 0.29) is 0 Å². The van der Waals surface area contributed by atoms with Gasteiger partial charge >= 0.3 is 0 Å². The van der Waals surface area contributed by atoms with Crippen molar-refractivity contribution in [1.82, 2.24) is 9.88 Å². The highest BCUT2D eigenvalue weighted by molar-refractivity contribution is 9.10. The fraction of sp³-hybridized carbons (Fsp3) is 0.455. The lowest BCUT2D eigenvalue weighted by Gasteiger charge is -2.35. The van der Waals surface area contributed by atoms with Gasteiger partial charge in [-0.05, 0) is 28.1 Å². The maximum absolute atomic E-state index is 5.55. The number of nitrogens with zero attached hydrogens (tertiary/aromatic N) is 3. The molecule has 1 saturated heterocycles. The predicted octanol–water partition coefficient (Wildman–Crippen LogP) is 1.25. The van der Waals surface area contributed by atoms with Gasteiger partial charge in [-0.3, -0.25) is 4.90 Å². The van der Waals surface area contributed by atoms with Crippen molar-refractivity contribution in [2.45, 2.75) is 0 Å². The molecule has 1 aromatic rings. The van der Waals surface area contributed by atoms with Crippen LogP contribution in [0.15, 0.2) is 22.8 Å². The summed E-state index contributed by atoms with van der Waals surface area (Å²) in [7, 11) is 0. The lowest BCUT2D eigenvalue weighted by molar-refractivity contribution is 0.291. The van der Waals surface area contributed by atoms with Crippen LogP contribution in [0.1, 0.15) is 0 Å². The van der Waals surface area contributed by atoms with E-state index in [4.69, 9.17) is 18.0 Å². The van der Waals surface area contributed by atoms with Gasteiger partial charge in [-0.1, -0.05) is 12.2 Å². The Morgan fingerprint density at radius 2 is 2.12 bits per heavy atom. The zero-order valence-corrected chi connectivity index (χ0v) is 11.9. The summed E-state index contributed by atoms with van der Waals surface area (Å²) in [5.41, 5.74) is 5.55. The van der Waals surface area contributed by atoms with Crippen molar-refractivity contribution < 1.29 is 0 Å². The summed E-state index contributed by atoms with van der Waals surface area (Å²) in [6, 6.07) is 3.94. The Labute approximate surface area is 115 Å². The lowest BCUT2D eigenvalue weighted by Crippen LogP contribution is -2.48. The first-order valence-electron chi connectivity index (χ1n) is 5.53. The smallest absolute Gasteiger partial charge is 0.142 e. The number of halogens is 1. The van der Waals surface area contributed by atoms with Gasteiger partial charge in [-0.15, -0.1) is 0 Å². The van der Waals surface area contributed by atoms with Crippen LogP contribution in [0.2, 0.25) is 0 Å². The van der Waals surface area contributed by atoms with Crippen LogP contribution >= 0.6 is 28.1 Å². The van der Waals surface area contributed by atoms with E-state index < -0.39 is 0 Å². The molecule has 92 valence electrons. The first kappa shape index (κ1) is 12.7. The lowest BCUT2D eigenvalue weighted by atomic mass is 10.3. The van der Waals surface area contributed by atoms with Crippen molar-refractivity contribution in [3.05, 3.63) is 22.8 Å². The van der Waals surface area contributed by atoms with Crippen molar-refractivity contribution in [3.63, 3.8) is 0 Å². The van der Waals surface area contributed by atoms with E-state index >= 15 is 0 Å². The number of hydrogen-bond acceptors (Lipinski definition) is 4. The van der Waals surface area contributed by atoms with Crippen LogP contribution in [-0.2, 0) is 0 Å². The molecule has 0 unspecified atom stereocenters. The van der Waals surface area contributed by atoms with Gasteiger partial charge in [0.2, 0.25) is 0 Å². The van der Waals surface area contributed by atoms with E-state index in [9.17, 15) is 0 Å². The van der Waals surface area contributed by atoms with Crippen molar-refractivity contribution in [2.24, 2.45) is 5.73 Å². The van der Waals surface area contributed by atoms with Gasteiger partial charge in [0.05, 0.1) is 9.46 Å². The van der Waals surface area contributed by atoms with Crippen LogP contribution in [0.4, 0.5) is 5.82 Å². The molecule has 17 heavy (non-hydrogen) atoms. The monoisotopic (exact) mass is 314 g/mol. The van der Waals surface area contributed by atoms with Crippen LogP contribution in [0.5, 0.6) is 0 Å². The maximum atomic E-state index is 5.55. The molecule has 1 fully saturated rings. The SMILES string of the molecule is NC(=S)CN1CCN(c2ncccc2Br)CC1. The van der Waals surface area contributed by atoms with Gasteiger partial charge in [0.25, 0.3) is 0 Å². The molecule has 1 aromatic heterocycles. The Bertz CT molecular complexity index is 404. The van der Waals surface area contributed by atoms with Crippen molar-refractivity contribution >= 4 is 39.0 Å². The van der Waals surface area contributed by atoms with Gasteiger partial charge in [-0.2, -0.15) is 0 Å². The van der Waals surface area contributed by atoms with E-state index in [0.29, 0.717) is 11.5 Å². The summed E-state index contributed by atoms with van der Waals surface area (Å²) in [5, 5.41) is 0. The number of pyridine rings is 1. The molecule has 0 aromatic carbocycles. The first-order valence-corrected chi connectivity index (χ1v) is 6.73. The molecule has 4 nitrogen and oxygen atoms in total. The summed E-state index contributed by atoms with van der Waals surface area (Å²) in [4.78, 5) is 9.52. The second-order valence-corrected chi connectivity index (χ2v) is 5.42. The molecular formula is C11H15BrN4S. The molecule has 2 N–H and O–H groups in total. The number of piperazine rings is 1. The molecular weight excluding hydrogens is 300 g/mol. The molecule has 2 rings (SSSR count). The van der Waals surface area contributed by atoms with E-state index in [1.165, 1.54) is 0 Å². The number of hydrogen-bond donors (Lipinski definition) is 1. The van der Waals surface area contributed by atoms with E-state index in [2.05, 4.69) is 30.7 Å². The molecule has 0 spiro atoms. The van der Waals surface area contributed by atoms with Gasteiger partial charge in [-0.25, -0.2) is 4.98 Å². The molecule has 0 amide bonds. The number of thiocarbonyl (C=S) groups is 1. The molecule has 0 atom stereocenters. The number of aromatic nitrogens is 1. The largest absolute Gasteiger partial charge is 0.392 e. The van der Waals surface area contributed by atoms with Gasteiger partial charge < -0.3 is 10.6 Å². The Hall–Kier alpha value is -0.720. The summed E-state index contributed by atoms with van der Waals surface area (Å²) < 4.78 is 1.04. The first-order chi connectivity index (χ1) is 8.16. The summed E-state index contributed by atoms with van der Waals surface area (Å²) in [6.07, 6.45) is 1.82. The fourth-order valence-electron chi connectivity index (χ4n) is 1.95. The third kappa shape index (κ3) is 3.37. The van der Waals surface area contributed by atoms with Crippen LogP contribution in [0.3, 0.4) is 0 Å². The van der Waals surface area contributed by atoms with Crippen molar-refractivity contribution in [2.75, 3.05) is 37.6 Å². The van der Waals surface area contributed by atoms with Gasteiger partial charge in [0, 0.05) is 38.9 Å². The second kappa shape index (κ2) is 5.75. The maximum Gasteiger partial charge on any atom is 0.142 e. The quantitative estimate of drug-likeness (QED) is 0.851. The minimum Gasteiger partial charge on any atom is -0.392 e. The van der Waals surface area contributed by atoms with Gasteiger partial charge in [0.1, 0.15) is 5.82 Å². The van der Waals surface area contributed by atoms with Crippen molar-refractivity contribution in [1.29, 1.82) is 0 Å². The predicted molar refractivity (Wildman–Crippen MR) is 77.4 cm³/mol. The third-order valence-corrected chi connectivity index (χ3v) is 3.54. The summed E-state index contributed by atoms with van der Waals surface area (Å²) >= 11 is 8.45. The molecule has 1 aliphatic heterocycles. The summed E-state index contributed by atoms with van der Waals surface area (Å²) in [6.45, 7) is 4.57. The van der Waals surface area contributed by atoms with Crippen LogP contribution in [0.25, 0.3) is 0 Å². The third-order valence-electron chi connectivity index (χ3n) is 2.79. The highest BCUT2D eigenvalue weighted by atomic mass is 79.9. The standard InChI is InChI=1S/C11H15BrN4S/c12-9-2-1-3-14-11(9)16-6-4-15(5-7-16)8-10(13)17/h1-3H,4-8H2,(H2,13,17). The zero-order valence-electron chi connectivity index (χ0n) is 9.47. The molecule has 0 radical (unpaired) electrons. The number of anilines is 1. The van der Waals surface area contributed by atoms with Crippen LogP contribution < -0.4 is 10.6 Å². The molecule has 0 aliphatic carbocycles. The molecule has 0 saturated carbocycles. The number of rotatable bonds is 3. The van der Waals surface area contributed by atoms with E-state index in [1.807, 2.05) is 18.3 Å². The fourth-order valence-corrected chi connectivity index (χ4v) is 2.64. The zero-order chi connectivity index (χ0) is 12.3. The molecule has 0 bridgehead atoms. The molecule has 6 heteroatoms. The number of nitrogens with two attached hydrogens (primary N) is 1. The summed E-state index contributed by atoms with van der Waals surface area (Å²) in [5.74, 6) is 1.02. The topological polar surface area (TPSA) is 45.4 Å². The second-order valence-electron chi connectivity index (χ2n) is 4.04. The Morgan fingerprint density at radius 3 is 2.71 bits per heavy atom. The van der Waals surface area contributed by atoms with Crippen LogP contribution in [0, 0.1) is 0 Å². The van der Waals surface area contributed by atoms with E-state index in [0.717, 1.165) is 36.5 Å². The Kier molecular flexibility index (Phi) is 4.31. The average Bonchev–Trinajstić information content (AvgIpc) is 2.30.